The van der Waals surface area contributed by atoms with E-state index in [1.165, 1.54) is 32.4 Å². The molecular weight excluding hydrogens is 322 g/mol. The third-order valence-electron chi connectivity index (χ3n) is 3.61. The summed E-state index contributed by atoms with van der Waals surface area (Å²) in [6.07, 6.45) is 3.92. The molecule has 1 fully saturated rings. The molecule has 1 heterocycles. The zero-order valence-corrected chi connectivity index (χ0v) is 13.1. The Morgan fingerprint density at radius 3 is 2.75 bits per heavy atom. The number of piperidine rings is 1. The first kappa shape index (κ1) is 15.4. The van der Waals surface area contributed by atoms with Gasteiger partial charge in [-0.2, -0.15) is 0 Å². The first-order chi connectivity index (χ1) is 9.66. The molecule has 0 saturated carbocycles. The second-order valence-corrected chi connectivity index (χ2v) is 6.02. The number of likely N-dealkylation sites (tertiary alicyclic amines) is 1. The van der Waals surface area contributed by atoms with Gasteiger partial charge in [0.1, 0.15) is 0 Å². The van der Waals surface area contributed by atoms with Crippen molar-refractivity contribution >= 4 is 21.6 Å². The van der Waals surface area contributed by atoms with Crippen LogP contribution in [-0.2, 0) is 6.54 Å². The summed E-state index contributed by atoms with van der Waals surface area (Å²) in [5.74, 6) is 0. The summed E-state index contributed by atoms with van der Waals surface area (Å²) in [4.78, 5) is 13.1. The van der Waals surface area contributed by atoms with E-state index in [-0.39, 0.29) is 10.6 Å². The van der Waals surface area contributed by atoms with E-state index >= 15 is 0 Å². The summed E-state index contributed by atoms with van der Waals surface area (Å²) < 4.78 is 0.737. The van der Waals surface area contributed by atoms with Crippen molar-refractivity contribution in [3.8, 4) is 0 Å². The van der Waals surface area contributed by atoms with Gasteiger partial charge in [0.2, 0.25) is 0 Å². The average Bonchev–Trinajstić information content (AvgIpc) is 2.45. The Hall–Kier alpha value is -0.980. The van der Waals surface area contributed by atoms with E-state index < -0.39 is 0 Å². The van der Waals surface area contributed by atoms with E-state index in [1.807, 2.05) is 6.07 Å². The third kappa shape index (κ3) is 4.54. The molecule has 1 aliphatic rings. The first-order valence-corrected chi connectivity index (χ1v) is 7.82. The van der Waals surface area contributed by atoms with Gasteiger partial charge in [0.25, 0.3) is 5.69 Å². The van der Waals surface area contributed by atoms with Gasteiger partial charge in [0.15, 0.2) is 0 Å². The Labute approximate surface area is 127 Å². The summed E-state index contributed by atoms with van der Waals surface area (Å²) in [7, 11) is 0. The minimum Gasteiger partial charge on any atom is -0.311 e. The monoisotopic (exact) mass is 341 g/mol. The van der Waals surface area contributed by atoms with Gasteiger partial charge in [-0.05, 0) is 38.1 Å². The average molecular weight is 342 g/mol. The van der Waals surface area contributed by atoms with Crippen molar-refractivity contribution in [2.45, 2.75) is 25.8 Å². The normalized spacial score (nSPS) is 16.2. The summed E-state index contributed by atoms with van der Waals surface area (Å²) in [5, 5.41) is 14.3. The largest absolute Gasteiger partial charge is 0.311 e. The van der Waals surface area contributed by atoms with Crippen LogP contribution in [0.3, 0.4) is 0 Å². The maximum atomic E-state index is 11.0. The lowest BCUT2D eigenvalue weighted by atomic mass is 10.1. The van der Waals surface area contributed by atoms with Crippen molar-refractivity contribution in [1.82, 2.24) is 10.2 Å². The maximum absolute atomic E-state index is 11.0. The van der Waals surface area contributed by atoms with E-state index in [4.69, 9.17) is 0 Å². The van der Waals surface area contributed by atoms with Crippen LogP contribution in [-0.4, -0.2) is 36.0 Å². The molecule has 0 atom stereocenters. The van der Waals surface area contributed by atoms with Crippen LogP contribution in [0.15, 0.2) is 22.7 Å². The molecule has 1 N–H and O–H groups in total. The van der Waals surface area contributed by atoms with Gasteiger partial charge in [0, 0.05) is 35.7 Å². The summed E-state index contributed by atoms with van der Waals surface area (Å²) in [6.45, 7) is 4.79. The Kier molecular flexibility index (Phi) is 5.94. The van der Waals surface area contributed by atoms with Crippen molar-refractivity contribution < 1.29 is 4.92 Å². The van der Waals surface area contributed by atoms with Crippen LogP contribution in [0.1, 0.15) is 24.8 Å². The molecule has 1 saturated heterocycles. The van der Waals surface area contributed by atoms with Crippen LogP contribution in [0.2, 0.25) is 0 Å². The lowest BCUT2D eigenvalue weighted by Gasteiger charge is -2.26. The molecule has 20 heavy (non-hydrogen) atoms. The molecule has 0 bridgehead atoms. The van der Waals surface area contributed by atoms with Gasteiger partial charge in [-0.15, -0.1) is 0 Å². The van der Waals surface area contributed by atoms with Crippen LogP contribution >= 0.6 is 15.9 Å². The Bertz CT molecular complexity index is 462. The van der Waals surface area contributed by atoms with Gasteiger partial charge in [-0.1, -0.05) is 22.4 Å². The van der Waals surface area contributed by atoms with E-state index in [0.29, 0.717) is 6.54 Å². The van der Waals surface area contributed by atoms with Gasteiger partial charge in [0.05, 0.1) is 4.92 Å². The minimum atomic E-state index is -0.327. The second kappa shape index (κ2) is 7.71. The summed E-state index contributed by atoms with van der Waals surface area (Å²) in [6, 6.07) is 5.20. The van der Waals surface area contributed by atoms with E-state index in [1.54, 1.807) is 12.1 Å². The molecule has 5 nitrogen and oxygen atoms in total. The smallest absolute Gasteiger partial charge is 0.275 e. The maximum Gasteiger partial charge on any atom is 0.275 e. The molecule has 0 aliphatic carbocycles. The molecule has 1 aliphatic heterocycles. The number of halogens is 1. The number of nitrogens with zero attached hydrogens (tertiary/aromatic N) is 2. The van der Waals surface area contributed by atoms with Crippen molar-refractivity contribution in [3.05, 3.63) is 38.3 Å². The molecule has 2 rings (SSSR count). The topological polar surface area (TPSA) is 58.4 Å². The van der Waals surface area contributed by atoms with Crippen LogP contribution in [0, 0.1) is 10.1 Å². The molecule has 0 radical (unpaired) electrons. The van der Waals surface area contributed by atoms with Gasteiger partial charge < -0.3 is 10.2 Å². The Morgan fingerprint density at radius 1 is 1.30 bits per heavy atom. The van der Waals surface area contributed by atoms with Gasteiger partial charge in [-0.3, -0.25) is 10.1 Å². The molecule has 0 spiro atoms. The third-order valence-corrected chi connectivity index (χ3v) is 4.11. The van der Waals surface area contributed by atoms with E-state index in [0.717, 1.165) is 23.1 Å². The molecule has 0 aromatic heterocycles. The number of hydrogen-bond acceptors (Lipinski definition) is 4. The minimum absolute atomic E-state index is 0.171. The molecule has 110 valence electrons. The fourth-order valence-electron chi connectivity index (χ4n) is 2.50. The number of nitrogens with one attached hydrogen (secondary N) is 1. The van der Waals surface area contributed by atoms with Gasteiger partial charge in [-0.25, -0.2) is 0 Å². The number of rotatable bonds is 6. The van der Waals surface area contributed by atoms with Crippen molar-refractivity contribution in [2.75, 3.05) is 26.2 Å². The molecule has 0 unspecified atom stereocenters. The van der Waals surface area contributed by atoms with Gasteiger partial charge >= 0.3 is 0 Å². The number of nitro benzene ring substituents is 1. The number of benzene rings is 1. The zero-order chi connectivity index (χ0) is 14.4. The summed E-state index contributed by atoms with van der Waals surface area (Å²) >= 11 is 3.27. The Balaban J connectivity index is 1.80. The van der Waals surface area contributed by atoms with Crippen molar-refractivity contribution in [1.29, 1.82) is 0 Å². The van der Waals surface area contributed by atoms with Crippen LogP contribution in [0.5, 0.6) is 0 Å². The highest BCUT2D eigenvalue weighted by Crippen LogP contribution is 2.23. The van der Waals surface area contributed by atoms with E-state index in [2.05, 4.69) is 26.1 Å². The molecule has 6 heteroatoms. The fraction of sp³-hybridized carbons (Fsp3) is 0.571. The number of hydrogen-bond donors (Lipinski definition) is 1. The van der Waals surface area contributed by atoms with Crippen LogP contribution in [0.25, 0.3) is 0 Å². The number of nitro groups is 1. The quantitative estimate of drug-likeness (QED) is 0.491. The standard InChI is InChI=1S/C14H20BrN3O2/c15-13-5-4-12(14(10-13)18(19)20)11-16-6-9-17-7-2-1-3-8-17/h4-5,10,16H,1-3,6-9,11H2. The SMILES string of the molecule is O=[N+]([O-])c1cc(Br)ccc1CNCCN1CCCCC1. The first-order valence-electron chi connectivity index (χ1n) is 7.03. The van der Waals surface area contributed by atoms with Crippen molar-refractivity contribution in [2.24, 2.45) is 0 Å². The highest BCUT2D eigenvalue weighted by Gasteiger charge is 2.14. The lowest BCUT2D eigenvalue weighted by Crippen LogP contribution is -2.35. The molecular formula is C14H20BrN3O2. The van der Waals surface area contributed by atoms with Crippen LogP contribution < -0.4 is 5.32 Å². The summed E-state index contributed by atoms with van der Waals surface area (Å²) in [5.41, 5.74) is 0.904. The second-order valence-electron chi connectivity index (χ2n) is 5.11. The van der Waals surface area contributed by atoms with Crippen LogP contribution in [0.4, 0.5) is 5.69 Å². The Morgan fingerprint density at radius 2 is 2.05 bits per heavy atom. The predicted octanol–water partition coefficient (Wildman–Crippen LogP) is 2.93. The zero-order valence-electron chi connectivity index (χ0n) is 11.5. The lowest BCUT2D eigenvalue weighted by molar-refractivity contribution is -0.385. The van der Waals surface area contributed by atoms with Crippen molar-refractivity contribution in [3.63, 3.8) is 0 Å². The predicted molar refractivity (Wildman–Crippen MR) is 82.8 cm³/mol. The fourth-order valence-corrected chi connectivity index (χ4v) is 2.85. The highest BCUT2D eigenvalue weighted by atomic mass is 79.9. The van der Waals surface area contributed by atoms with E-state index in [9.17, 15) is 10.1 Å². The molecule has 1 aromatic carbocycles. The molecule has 1 aromatic rings. The highest BCUT2D eigenvalue weighted by molar-refractivity contribution is 9.10. The molecule has 0 amide bonds.